The summed E-state index contributed by atoms with van der Waals surface area (Å²) in [4.78, 5) is 15.5. The minimum absolute atomic E-state index is 0.119. The Morgan fingerprint density at radius 3 is 2.19 bits per heavy atom. The second kappa shape index (κ2) is 8.23. The van der Waals surface area contributed by atoms with Crippen LogP contribution in [0.4, 0.5) is 0 Å². The van der Waals surface area contributed by atoms with Gasteiger partial charge in [-0.3, -0.25) is 9.63 Å². The maximum Gasteiger partial charge on any atom is 0.261 e. The first-order valence-corrected chi connectivity index (χ1v) is 6.69. The molecule has 0 radical (unpaired) electrons. The molecule has 2 unspecified atom stereocenters. The molecule has 0 heterocycles. The number of hydrogen-bond acceptors (Lipinski definition) is 8. The molecule has 0 spiro atoms. The Hall–Kier alpha value is -1.29. The van der Waals surface area contributed by atoms with Gasteiger partial charge in [0.05, 0.1) is 5.54 Å². The fraction of sp³-hybridized carbons (Fsp3) is 0.917. The van der Waals surface area contributed by atoms with E-state index in [2.05, 4.69) is 25.9 Å². The number of hydroxylamine groups is 1. The maximum absolute atomic E-state index is 10.5. The molecule has 0 aromatic heterocycles. The first-order chi connectivity index (χ1) is 9.49. The first-order valence-electron chi connectivity index (χ1n) is 6.69. The molecule has 0 aliphatic carbocycles. The van der Waals surface area contributed by atoms with Gasteiger partial charge in [-0.25, -0.2) is 0 Å². The molecule has 0 aliphatic heterocycles. The smallest absolute Gasteiger partial charge is 0.261 e. The van der Waals surface area contributed by atoms with Crippen LogP contribution < -0.4 is 16.9 Å². The normalized spacial score (nSPS) is 16.6. The molecule has 1 amide bonds. The standard InChI is InChI=1S/C12H27N7O2/c1-8(13)11(3,4)18-19-12(5,6)10(14)17-21-7-15-16-9(2)20/h8,10,17H,7,13-14H2,1-6H3. The van der Waals surface area contributed by atoms with Crippen LogP contribution in [0.5, 0.6) is 0 Å². The van der Waals surface area contributed by atoms with Gasteiger partial charge in [-0.15, -0.1) is 5.11 Å². The summed E-state index contributed by atoms with van der Waals surface area (Å²) in [5.41, 5.74) is 13.2. The molecule has 0 bridgehead atoms. The van der Waals surface area contributed by atoms with Crippen molar-refractivity contribution in [1.29, 1.82) is 0 Å². The van der Waals surface area contributed by atoms with Gasteiger partial charge in [-0.1, -0.05) is 0 Å². The molecule has 0 saturated heterocycles. The van der Waals surface area contributed by atoms with Crippen LogP contribution >= 0.6 is 0 Å². The molecule has 0 aliphatic rings. The molecular formula is C12H27N7O2. The van der Waals surface area contributed by atoms with E-state index in [1.165, 1.54) is 6.92 Å². The van der Waals surface area contributed by atoms with E-state index in [0.717, 1.165) is 0 Å². The van der Waals surface area contributed by atoms with Gasteiger partial charge in [0.2, 0.25) is 0 Å². The van der Waals surface area contributed by atoms with Crippen molar-refractivity contribution >= 4 is 5.91 Å². The molecule has 0 fully saturated rings. The van der Waals surface area contributed by atoms with Gasteiger partial charge in [0.1, 0.15) is 11.7 Å². The van der Waals surface area contributed by atoms with Crippen molar-refractivity contribution in [3.05, 3.63) is 0 Å². The quantitative estimate of drug-likeness (QED) is 0.266. The molecule has 21 heavy (non-hydrogen) atoms. The maximum atomic E-state index is 10.5. The molecule has 9 heteroatoms. The van der Waals surface area contributed by atoms with Gasteiger partial charge < -0.3 is 11.5 Å². The van der Waals surface area contributed by atoms with Crippen LogP contribution in [0.15, 0.2) is 20.5 Å². The average molecular weight is 301 g/mol. The van der Waals surface area contributed by atoms with E-state index in [1.54, 1.807) is 0 Å². The van der Waals surface area contributed by atoms with E-state index in [4.69, 9.17) is 16.3 Å². The Kier molecular flexibility index (Phi) is 7.72. The Morgan fingerprint density at radius 2 is 1.71 bits per heavy atom. The van der Waals surface area contributed by atoms with Crippen molar-refractivity contribution < 1.29 is 9.63 Å². The third kappa shape index (κ3) is 7.90. The van der Waals surface area contributed by atoms with Gasteiger partial charge in [0.15, 0.2) is 6.73 Å². The Labute approximate surface area is 125 Å². The topological polar surface area (TPSA) is 140 Å². The molecule has 2 atom stereocenters. The summed E-state index contributed by atoms with van der Waals surface area (Å²) < 4.78 is 0. The van der Waals surface area contributed by atoms with E-state index < -0.39 is 23.2 Å². The van der Waals surface area contributed by atoms with Crippen LogP contribution in [0, 0.1) is 0 Å². The van der Waals surface area contributed by atoms with E-state index in [1.807, 2.05) is 34.6 Å². The predicted molar refractivity (Wildman–Crippen MR) is 79.3 cm³/mol. The van der Waals surface area contributed by atoms with E-state index in [9.17, 15) is 4.79 Å². The van der Waals surface area contributed by atoms with Crippen LogP contribution in [0.3, 0.4) is 0 Å². The number of nitrogens with two attached hydrogens (primary N) is 2. The second-order valence-electron chi connectivity index (χ2n) is 5.93. The number of hydrogen-bond donors (Lipinski definition) is 3. The van der Waals surface area contributed by atoms with Crippen molar-refractivity contribution in [2.24, 2.45) is 31.9 Å². The Bertz CT molecular complexity index is 391. The zero-order chi connectivity index (χ0) is 16.7. The monoisotopic (exact) mass is 301 g/mol. The van der Waals surface area contributed by atoms with Crippen molar-refractivity contribution in [3.63, 3.8) is 0 Å². The number of azo groups is 2. The molecular weight excluding hydrogens is 274 g/mol. The van der Waals surface area contributed by atoms with Gasteiger partial charge in [0.25, 0.3) is 5.91 Å². The van der Waals surface area contributed by atoms with Gasteiger partial charge in [0, 0.05) is 13.0 Å². The molecule has 5 N–H and O–H groups in total. The van der Waals surface area contributed by atoms with E-state index >= 15 is 0 Å². The predicted octanol–water partition coefficient (Wildman–Crippen LogP) is 1.11. The number of nitrogens with one attached hydrogen (secondary N) is 1. The summed E-state index contributed by atoms with van der Waals surface area (Å²) in [5, 5.41) is 15.3. The fourth-order valence-electron chi connectivity index (χ4n) is 0.840. The molecule has 0 saturated carbocycles. The number of nitrogens with zero attached hydrogens (tertiary/aromatic N) is 4. The number of rotatable bonds is 8. The summed E-state index contributed by atoms with van der Waals surface area (Å²) in [5.74, 6) is -0.393. The zero-order valence-electron chi connectivity index (χ0n) is 13.6. The van der Waals surface area contributed by atoms with E-state index in [0.29, 0.717) is 0 Å². The molecule has 0 aromatic carbocycles. The first kappa shape index (κ1) is 19.7. The highest BCUT2D eigenvalue weighted by molar-refractivity contribution is 5.73. The highest BCUT2D eigenvalue weighted by Crippen LogP contribution is 2.19. The molecule has 122 valence electrons. The fourth-order valence-corrected chi connectivity index (χ4v) is 0.840. The lowest BCUT2D eigenvalue weighted by atomic mass is 9.98. The lowest BCUT2D eigenvalue weighted by Crippen LogP contribution is -2.52. The summed E-state index contributed by atoms with van der Waals surface area (Å²) in [6.45, 7) is 10.5. The van der Waals surface area contributed by atoms with Crippen molar-refractivity contribution in [3.8, 4) is 0 Å². The van der Waals surface area contributed by atoms with Crippen molar-refractivity contribution in [2.75, 3.05) is 6.73 Å². The second-order valence-corrected chi connectivity index (χ2v) is 5.93. The largest absolute Gasteiger partial charge is 0.326 e. The van der Waals surface area contributed by atoms with Crippen LogP contribution in [-0.4, -0.2) is 35.9 Å². The summed E-state index contributed by atoms with van der Waals surface area (Å²) >= 11 is 0. The number of amides is 1. The van der Waals surface area contributed by atoms with Crippen molar-refractivity contribution in [2.45, 2.75) is 64.8 Å². The van der Waals surface area contributed by atoms with Crippen LogP contribution in [0.2, 0.25) is 0 Å². The third-order valence-corrected chi connectivity index (χ3v) is 2.99. The molecule has 9 nitrogen and oxygen atoms in total. The summed E-state index contributed by atoms with van der Waals surface area (Å²) in [6.07, 6.45) is -0.613. The van der Waals surface area contributed by atoms with Gasteiger partial charge in [-0.2, -0.15) is 20.8 Å². The summed E-state index contributed by atoms with van der Waals surface area (Å²) in [7, 11) is 0. The highest BCUT2D eigenvalue weighted by atomic mass is 16.7. The molecule has 0 aromatic rings. The zero-order valence-corrected chi connectivity index (χ0v) is 13.6. The Morgan fingerprint density at radius 1 is 1.19 bits per heavy atom. The third-order valence-electron chi connectivity index (χ3n) is 2.99. The number of carbonyl (C=O) groups is 1. The van der Waals surface area contributed by atoms with Gasteiger partial charge >= 0.3 is 0 Å². The van der Waals surface area contributed by atoms with Crippen LogP contribution in [0.1, 0.15) is 41.5 Å². The minimum atomic E-state index is -0.704. The minimum Gasteiger partial charge on any atom is -0.326 e. The molecule has 0 rings (SSSR count). The van der Waals surface area contributed by atoms with Crippen molar-refractivity contribution in [1.82, 2.24) is 5.48 Å². The van der Waals surface area contributed by atoms with Crippen LogP contribution in [-0.2, 0) is 9.63 Å². The van der Waals surface area contributed by atoms with Crippen LogP contribution in [0.25, 0.3) is 0 Å². The SMILES string of the molecule is CC(=O)N=NCONC(N)C(C)(C)N=NC(C)(C)C(C)N. The summed E-state index contributed by atoms with van der Waals surface area (Å²) in [6, 6.07) is -0.135. The van der Waals surface area contributed by atoms with E-state index in [-0.39, 0.29) is 12.8 Å². The number of carbonyl (C=O) groups excluding carboxylic acids is 1. The lowest BCUT2D eigenvalue weighted by molar-refractivity contribution is -0.116. The van der Waals surface area contributed by atoms with Gasteiger partial charge in [-0.05, 0) is 34.6 Å². The lowest BCUT2D eigenvalue weighted by Gasteiger charge is -2.29. The average Bonchev–Trinajstić information content (AvgIpc) is 2.35. The Balaban J connectivity index is 4.43. The highest BCUT2D eigenvalue weighted by Gasteiger charge is 2.29.